The van der Waals surface area contributed by atoms with E-state index in [1.54, 1.807) is 36.4 Å². The number of phenols is 1. The molecule has 0 unspecified atom stereocenters. The highest BCUT2D eigenvalue weighted by Gasteiger charge is 2.51. The van der Waals surface area contributed by atoms with Crippen molar-refractivity contribution in [2.45, 2.75) is 25.2 Å². The van der Waals surface area contributed by atoms with Gasteiger partial charge in [-0.25, -0.2) is 4.39 Å². The lowest BCUT2D eigenvalue weighted by Crippen LogP contribution is -2.13. The number of para-hydroxylation sites is 1. The average molecular weight is 310 g/mol. The van der Waals surface area contributed by atoms with Crippen molar-refractivity contribution in [3.05, 3.63) is 65.2 Å². The minimum Gasteiger partial charge on any atom is -0.507 e. The maximum Gasteiger partial charge on any atom is 0.261 e. The van der Waals surface area contributed by atoms with Gasteiger partial charge in [-0.15, -0.1) is 0 Å². The van der Waals surface area contributed by atoms with Gasteiger partial charge < -0.3 is 9.63 Å². The molecule has 4 nitrogen and oxygen atoms in total. The summed E-state index contributed by atoms with van der Waals surface area (Å²) in [7, 11) is 0. The molecular formula is C18H15FN2O2. The third kappa shape index (κ3) is 2.20. The fourth-order valence-electron chi connectivity index (χ4n) is 3.03. The summed E-state index contributed by atoms with van der Waals surface area (Å²) in [5.41, 5.74) is 2.04. The molecule has 1 aliphatic carbocycles. The van der Waals surface area contributed by atoms with Crippen LogP contribution in [0.15, 0.2) is 47.0 Å². The average Bonchev–Trinajstić information content (AvgIpc) is 3.20. The van der Waals surface area contributed by atoms with Crippen LogP contribution in [0, 0.1) is 12.7 Å². The van der Waals surface area contributed by atoms with Crippen molar-refractivity contribution in [1.82, 2.24) is 10.1 Å². The van der Waals surface area contributed by atoms with Crippen LogP contribution in [0.3, 0.4) is 0 Å². The normalized spacial score (nSPS) is 15.6. The van der Waals surface area contributed by atoms with Crippen LogP contribution < -0.4 is 0 Å². The Labute approximate surface area is 132 Å². The zero-order chi connectivity index (χ0) is 16.0. The number of nitrogens with zero attached hydrogens (tertiary/aromatic N) is 2. The van der Waals surface area contributed by atoms with E-state index in [0.29, 0.717) is 11.4 Å². The highest BCUT2D eigenvalue weighted by Crippen LogP contribution is 2.53. The van der Waals surface area contributed by atoms with Gasteiger partial charge in [0.1, 0.15) is 11.6 Å². The van der Waals surface area contributed by atoms with Gasteiger partial charge in [0.05, 0.1) is 11.0 Å². The Morgan fingerprint density at radius 2 is 1.96 bits per heavy atom. The van der Waals surface area contributed by atoms with Gasteiger partial charge >= 0.3 is 0 Å². The van der Waals surface area contributed by atoms with Crippen molar-refractivity contribution in [3.63, 3.8) is 0 Å². The van der Waals surface area contributed by atoms with Crippen molar-refractivity contribution in [3.8, 4) is 17.2 Å². The summed E-state index contributed by atoms with van der Waals surface area (Å²) in [4.78, 5) is 4.46. The number of rotatable bonds is 3. The molecule has 1 saturated carbocycles. The molecule has 3 aromatic rings. The Morgan fingerprint density at radius 1 is 1.17 bits per heavy atom. The van der Waals surface area contributed by atoms with Gasteiger partial charge in [-0.05, 0) is 55.2 Å². The number of halogens is 1. The van der Waals surface area contributed by atoms with E-state index in [9.17, 15) is 9.50 Å². The van der Waals surface area contributed by atoms with E-state index in [4.69, 9.17) is 4.52 Å². The number of aromatic nitrogens is 2. The molecule has 1 heterocycles. The van der Waals surface area contributed by atoms with E-state index < -0.39 is 0 Å². The van der Waals surface area contributed by atoms with Gasteiger partial charge in [0, 0.05) is 0 Å². The van der Waals surface area contributed by atoms with Gasteiger partial charge in [0.15, 0.2) is 5.82 Å². The second-order valence-corrected chi connectivity index (χ2v) is 5.98. The molecule has 0 bridgehead atoms. The third-order valence-electron chi connectivity index (χ3n) is 4.45. The first-order valence-electron chi connectivity index (χ1n) is 7.49. The summed E-state index contributed by atoms with van der Waals surface area (Å²) in [6.07, 6.45) is 1.72. The van der Waals surface area contributed by atoms with Crippen LogP contribution in [0.25, 0.3) is 11.5 Å². The molecule has 1 N–H and O–H groups in total. The molecule has 2 aromatic carbocycles. The Balaban J connectivity index is 1.77. The van der Waals surface area contributed by atoms with Crippen molar-refractivity contribution in [2.24, 2.45) is 0 Å². The standard InChI is InChI=1S/C18H15FN2O2/c1-11-6-7-12(19)10-14(11)18(8-9-18)17-20-16(23-21-17)13-4-2-3-5-15(13)22/h2-7,10,22H,8-9H2,1H3. The molecule has 23 heavy (non-hydrogen) atoms. The molecule has 1 aromatic heterocycles. The maximum absolute atomic E-state index is 13.6. The van der Waals surface area contributed by atoms with Crippen LogP contribution in [0.5, 0.6) is 5.75 Å². The first-order chi connectivity index (χ1) is 11.1. The highest BCUT2D eigenvalue weighted by molar-refractivity contribution is 5.62. The zero-order valence-electron chi connectivity index (χ0n) is 12.6. The number of hydrogen-bond acceptors (Lipinski definition) is 4. The van der Waals surface area contributed by atoms with Crippen LogP contribution in [0.2, 0.25) is 0 Å². The van der Waals surface area contributed by atoms with Crippen LogP contribution >= 0.6 is 0 Å². The van der Waals surface area contributed by atoms with Gasteiger partial charge in [-0.3, -0.25) is 0 Å². The van der Waals surface area contributed by atoms with E-state index in [-0.39, 0.29) is 22.9 Å². The second kappa shape index (κ2) is 4.91. The lowest BCUT2D eigenvalue weighted by molar-refractivity contribution is 0.413. The summed E-state index contributed by atoms with van der Waals surface area (Å²) in [6.45, 7) is 1.96. The second-order valence-electron chi connectivity index (χ2n) is 5.98. The van der Waals surface area contributed by atoms with Crippen LogP contribution in [-0.4, -0.2) is 15.2 Å². The van der Waals surface area contributed by atoms with Crippen LogP contribution in [-0.2, 0) is 5.41 Å². The van der Waals surface area contributed by atoms with Gasteiger partial charge in [-0.1, -0.05) is 23.4 Å². The van der Waals surface area contributed by atoms with Crippen LogP contribution in [0.1, 0.15) is 29.8 Å². The number of benzene rings is 2. The largest absolute Gasteiger partial charge is 0.507 e. The fourth-order valence-corrected chi connectivity index (χ4v) is 3.03. The summed E-state index contributed by atoms with van der Waals surface area (Å²) < 4.78 is 19.0. The van der Waals surface area contributed by atoms with Gasteiger partial charge in [0.25, 0.3) is 5.89 Å². The quantitative estimate of drug-likeness (QED) is 0.795. The first kappa shape index (κ1) is 13.9. The van der Waals surface area contributed by atoms with Crippen LogP contribution in [0.4, 0.5) is 4.39 Å². The predicted molar refractivity (Wildman–Crippen MR) is 82.5 cm³/mol. The summed E-state index contributed by atoms with van der Waals surface area (Å²) in [6, 6.07) is 11.6. The molecule has 1 aliphatic rings. The fraction of sp³-hybridized carbons (Fsp3) is 0.222. The molecule has 0 radical (unpaired) electrons. The maximum atomic E-state index is 13.6. The number of phenolic OH excluding ortho intramolecular Hbond substituents is 1. The molecular weight excluding hydrogens is 295 g/mol. The molecule has 0 saturated heterocycles. The topological polar surface area (TPSA) is 59.2 Å². The Bertz CT molecular complexity index is 884. The summed E-state index contributed by atoms with van der Waals surface area (Å²) in [5.74, 6) is 0.652. The van der Waals surface area contributed by atoms with E-state index >= 15 is 0 Å². The Morgan fingerprint density at radius 3 is 2.70 bits per heavy atom. The SMILES string of the molecule is Cc1ccc(F)cc1C1(c2noc(-c3ccccc3O)n2)CC1. The lowest BCUT2D eigenvalue weighted by Gasteiger charge is -2.14. The molecule has 1 fully saturated rings. The molecule has 5 heteroatoms. The van der Waals surface area contributed by atoms with E-state index in [1.807, 2.05) is 6.92 Å². The molecule has 116 valence electrons. The summed E-state index contributed by atoms with van der Waals surface area (Å²) in [5, 5.41) is 14.0. The van der Waals surface area contributed by atoms with Crippen molar-refractivity contribution >= 4 is 0 Å². The molecule has 4 rings (SSSR count). The van der Waals surface area contributed by atoms with Gasteiger partial charge in [-0.2, -0.15) is 4.98 Å². The Kier molecular flexibility index (Phi) is 2.98. The minimum atomic E-state index is -0.377. The van der Waals surface area contributed by atoms with E-state index in [2.05, 4.69) is 10.1 Å². The van der Waals surface area contributed by atoms with Crippen molar-refractivity contribution < 1.29 is 14.0 Å². The molecule has 0 atom stereocenters. The smallest absolute Gasteiger partial charge is 0.261 e. The molecule has 0 spiro atoms. The zero-order valence-corrected chi connectivity index (χ0v) is 12.6. The van der Waals surface area contributed by atoms with E-state index in [1.165, 1.54) is 6.07 Å². The predicted octanol–water partition coefficient (Wildman–Crippen LogP) is 3.97. The van der Waals surface area contributed by atoms with E-state index in [0.717, 1.165) is 24.0 Å². The first-order valence-corrected chi connectivity index (χ1v) is 7.49. The number of aromatic hydroxyl groups is 1. The third-order valence-corrected chi connectivity index (χ3v) is 4.45. The van der Waals surface area contributed by atoms with Crippen molar-refractivity contribution in [2.75, 3.05) is 0 Å². The molecule has 0 amide bonds. The molecule has 0 aliphatic heterocycles. The number of hydrogen-bond donors (Lipinski definition) is 1. The lowest BCUT2D eigenvalue weighted by atomic mass is 9.91. The summed E-state index contributed by atoms with van der Waals surface area (Å²) >= 11 is 0. The monoisotopic (exact) mass is 310 g/mol. The highest BCUT2D eigenvalue weighted by atomic mass is 19.1. The van der Waals surface area contributed by atoms with Gasteiger partial charge in [0.2, 0.25) is 0 Å². The number of aryl methyl sites for hydroxylation is 1. The minimum absolute atomic E-state index is 0.0921. The van der Waals surface area contributed by atoms with Crippen molar-refractivity contribution in [1.29, 1.82) is 0 Å². The Hall–Kier alpha value is -2.69.